The Labute approximate surface area is 143 Å². The summed E-state index contributed by atoms with van der Waals surface area (Å²) in [6, 6.07) is 6.26. The number of aryl methyl sites for hydroxylation is 2. The van der Waals surface area contributed by atoms with Crippen LogP contribution in [0.1, 0.15) is 18.4 Å². The summed E-state index contributed by atoms with van der Waals surface area (Å²) in [5.41, 5.74) is 1.69. The van der Waals surface area contributed by atoms with Gasteiger partial charge in [0.1, 0.15) is 10.6 Å². The van der Waals surface area contributed by atoms with Gasteiger partial charge in [0.15, 0.2) is 5.76 Å². The molecule has 1 aromatic carbocycles. The van der Waals surface area contributed by atoms with Gasteiger partial charge < -0.3 is 9.51 Å². The predicted octanol–water partition coefficient (Wildman–Crippen LogP) is 1.47. The lowest BCUT2D eigenvalue weighted by Gasteiger charge is -2.13. The molecule has 1 atom stereocenters. The number of anilines is 1. The molecule has 1 amide bonds. The molecule has 10 heteroatoms. The SMILES string of the molecule is Cc1noc(C)c1S(=O)(=O)N[C@@H](C)C(=O)Nc1nc2ccccc2[nH]1. The summed E-state index contributed by atoms with van der Waals surface area (Å²) in [5.74, 6) is -0.140. The average Bonchev–Trinajstić information content (AvgIpc) is 3.09. The first-order valence-corrected chi connectivity index (χ1v) is 8.97. The molecular weight excluding hydrogens is 346 g/mol. The second kappa shape index (κ2) is 6.30. The van der Waals surface area contributed by atoms with Gasteiger partial charge in [0.2, 0.25) is 21.9 Å². The van der Waals surface area contributed by atoms with Crippen LogP contribution in [0.4, 0.5) is 5.95 Å². The van der Waals surface area contributed by atoms with Crippen molar-refractivity contribution in [3.05, 3.63) is 35.7 Å². The number of rotatable bonds is 5. The number of imidazole rings is 1. The summed E-state index contributed by atoms with van der Waals surface area (Å²) in [5, 5.41) is 6.17. The Morgan fingerprint density at radius 2 is 2.00 bits per heavy atom. The van der Waals surface area contributed by atoms with Gasteiger partial charge in [-0.15, -0.1) is 0 Å². The van der Waals surface area contributed by atoms with Crippen molar-refractivity contribution in [1.82, 2.24) is 19.8 Å². The number of hydrogen-bond donors (Lipinski definition) is 3. The van der Waals surface area contributed by atoms with E-state index in [4.69, 9.17) is 4.52 Å². The smallest absolute Gasteiger partial charge is 0.246 e. The fraction of sp³-hybridized carbons (Fsp3) is 0.267. The molecular formula is C15H17N5O4S. The first kappa shape index (κ1) is 17.1. The summed E-state index contributed by atoms with van der Waals surface area (Å²) in [6.45, 7) is 4.45. The summed E-state index contributed by atoms with van der Waals surface area (Å²) in [4.78, 5) is 19.4. The van der Waals surface area contributed by atoms with E-state index >= 15 is 0 Å². The predicted molar refractivity (Wildman–Crippen MR) is 90.5 cm³/mol. The van der Waals surface area contributed by atoms with Crippen LogP contribution < -0.4 is 10.0 Å². The highest BCUT2D eigenvalue weighted by molar-refractivity contribution is 7.89. The third kappa shape index (κ3) is 3.39. The number of para-hydroxylation sites is 2. The second-order valence-electron chi connectivity index (χ2n) is 5.59. The molecule has 0 spiro atoms. The maximum Gasteiger partial charge on any atom is 0.246 e. The molecule has 0 unspecified atom stereocenters. The number of amides is 1. The second-order valence-corrected chi connectivity index (χ2v) is 7.24. The third-order valence-electron chi connectivity index (χ3n) is 3.59. The Bertz CT molecular complexity index is 985. The van der Waals surface area contributed by atoms with Crippen molar-refractivity contribution in [1.29, 1.82) is 0 Å². The maximum absolute atomic E-state index is 12.4. The molecule has 0 aliphatic carbocycles. The molecule has 9 nitrogen and oxygen atoms in total. The summed E-state index contributed by atoms with van der Waals surface area (Å²) in [6.07, 6.45) is 0. The highest BCUT2D eigenvalue weighted by Crippen LogP contribution is 2.19. The topological polar surface area (TPSA) is 130 Å². The van der Waals surface area contributed by atoms with Crippen LogP contribution in [0.5, 0.6) is 0 Å². The molecule has 3 N–H and O–H groups in total. The lowest BCUT2D eigenvalue weighted by Crippen LogP contribution is -2.41. The maximum atomic E-state index is 12.4. The van der Waals surface area contributed by atoms with Crippen LogP contribution >= 0.6 is 0 Å². The number of carbonyl (C=O) groups excluding carboxylic acids is 1. The molecule has 0 bridgehead atoms. The number of aromatic amines is 1. The summed E-state index contributed by atoms with van der Waals surface area (Å²) >= 11 is 0. The van der Waals surface area contributed by atoms with E-state index in [2.05, 4.69) is 25.2 Å². The minimum atomic E-state index is -3.94. The van der Waals surface area contributed by atoms with Gasteiger partial charge in [0.05, 0.1) is 17.1 Å². The zero-order chi connectivity index (χ0) is 18.2. The van der Waals surface area contributed by atoms with E-state index in [-0.39, 0.29) is 22.3 Å². The number of nitrogens with one attached hydrogen (secondary N) is 3. The minimum Gasteiger partial charge on any atom is -0.360 e. The third-order valence-corrected chi connectivity index (χ3v) is 5.38. The Morgan fingerprint density at radius 1 is 1.28 bits per heavy atom. The first-order valence-electron chi connectivity index (χ1n) is 7.49. The van der Waals surface area contributed by atoms with Crippen molar-refractivity contribution in [2.24, 2.45) is 0 Å². The number of benzene rings is 1. The summed E-state index contributed by atoms with van der Waals surface area (Å²) < 4.78 is 32.0. The highest BCUT2D eigenvalue weighted by atomic mass is 32.2. The van der Waals surface area contributed by atoms with Gasteiger partial charge >= 0.3 is 0 Å². The van der Waals surface area contributed by atoms with Crippen molar-refractivity contribution in [2.45, 2.75) is 31.7 Å². The number of hydrogen-bond acceptors (Lipinski definition) is 6. The van der Waals surface area contributed by atoms with E-state index < -0.39 is 22.0 Å². The Hall–Kier alpha value is -2.72. The molecule has 0 fully saturated rings. The van der Waals surface area contributed by atoms with Gasteiger partial charge in [0.25, 0.3) is 0 Å². The molecule has 0 radical (unpaired) electrons. The van der Waals surface area contributed by atoms with Crippen molar-refractivity contribution in [3.63, 3.8) is 0 Å². The zero-order valence-corrected chi connectivity index (χ0v) is 14.6. The Morgan fingerprint density at radius 3 is 2.64 bits per heavy atom. The fourth-order valence-electron chi connectivity index (χ4n) is 2.44. The largest absolute Gasteiger partial charge is 0.360 e. The molecule has 2 heterocycles. The van der Waals surface area contributed by atoms with Gasteiger partial charge in [-0.05, 0) is 32.9 Å². The highest BCUT2D eigenvalue weighted by Gasteiger charge is 2.28. The van der Waals surface area contributed by atoms with Crippen LogP contribution in [0.15, 0.2) is 33.7 Å². The van der Waals surface area contributed by atoms with Crippen molar-refractivity contribution >= 4 is 32.9 Å². The van der Waals surface area contributed by atoms with Crippen LogP contribution in [0.25, 0.3) is 11.0 Å². The Kier molecular flexibility index (Phi) is 4.31. The molecule has 3 rings (SSSR count). The van der Waals surface area contributed by atoms with Crippen molar-refractivity contribution < 1.29 is 17.7 Å². The van der Waals surface area contributed by atoms with E-state index in [1.54, 1.807) is 6.07 Å². The number of fused-ring (bicyclic) bond motifs is 1. The van der Waals surface area contributed by atoms with Gasteiger partial charge in [-0.1, -0.05) is 17.3 Å². The van der Waals surface area contributed by atoms with Gasteiger partial charge in [-0.3, -0.25) is 10.1 Å². The summed E-state index contributed by atoms with van der Waals surface area (Å²) in [7, 11) is -3.94. The lowest BCUT2D eigenvalue weighted by molar-refractivity contribution is -0.117. The first-order chi connectivity index (χ1) is 11.8. The van der Waals surface area contributed by atoms with Crippen LogP contribution in [0.2, 0.25) is 0 Å². The fourth-order valence-corrected chi connectivity index (χ4v) is 3.97. The van der Waals surface area contributed by atoms with E-state index in [9.17, 15) is 13.2 Å². The number of H-pyrrole nitrogens is 1. The molecule has 0 saturated heterocycles. The molecule has 2 aromatic heterocycles. The zero-order valence-electron chi connectivity index (χ0n) is 13.8. The van der Waals surface area contributed by atoms with Crippen LogP contribution in [-0.4, -0.2) is 35.5 Å². The molecule has 0 saturated carbocycles. The van der Waals surface area contributed by atoms with Crippen molar-refractivity contribution in [2.75, 3.05) is 5.32 Å². The number of carbonyl (C=O) groups is 1. The van der Waals surface area contributed by atoms with Gasteiger partial charge in [0, 0.05) is 0 Å². The van der Waals surface area contributed by atoms with Crippen LogP contribution in [0, 0.1) is 13.8 Å². The van der Waals surface area contributed by atoms with Crippen molar-refractivity contribution in [3.8, 4) is 0 Å². The number of nitrogens with zero attached hydrogens (tertiary/aromatic N) is 2. The monoisotopic (exact) mass is 363 g/mol. The van der Waals surface area contributed by atoms with E-state index in [1.807, 2.05) is 18.2 Å². The molecule has 132 valence electrons. The minimum absolute atomic E-state index is 0.0594. The van der Waals surface area contributed by atoms with Crippen LogP contribution in [0.3, 0.4) is 0 Å². The lowest BCUT2D eigenvalue weighted by atomic mass is 10.3. The van der Waals surface area contributed by atoms with Crippen LogP contribution in [-0.2, 0) is 14.8 Å². The molecule has 0 aliphatic heterocycles. The van der Waals surface area contributed by atoms with Gasteiger partial charge in [-0.2, -0.15) is 4.72 Å². The molecule has 3 aromatic rings. The number of sulfonamides is 1. The molecule has 0 aliphatic rings. The van der Waals surface area contributed by atoms with Gasteiger partial charge in [-0.25, -0.2) is 13.4 Å². The van der Waals surface area contributed by atoms with E-state index in [0.717, 1.165) is 5.52 Å². The quantitative estimate of drug-likeness (QED) is 0.629. The van der Waals surface area contributed by atoms with E-state index in [1.165, 1.54) is 20.8 Å². The molecule has 25 heavy (non-hydrogen) atoms. The van der Waals surface area contributed by atoms with E-state index in [0.29, 0.717) is 5.52 Å². The normalized spacial score (nSPS) is 13.1. The number of aromatic nitrogens is 3. The standard InChI is InChI=1S/C15H17N5O4S/c1-8-13(10(3)24-19-8)25(22,23)20-9(2)14(21)18-15-16-11-6-4-5-7-12(11)17-15/h4-7,9,20H,1-3H3,(H2,16,17,18,21)/t9-/m0/s1. The average molecular weight is 363 g/mol. The Balaban J connectivity index is 1.74.